The summed E-state index contributed by atoms with van der Waals surface area (Å²) in [4.78, 5) is 0. The van der Waals surface area contributed by atoms with Gasteiger partial charge in [0.05, 0.1) is 22.1 Å². The first-order valence-electron chi connectivity index (χ1n) is 22.2. The molecule has 0 amide bonds. The summed E-state index contributed by atoms with van der Waals surface area (Å²) in [5, 5.41) is 2.47. The van der Waals surface area contributed by atoms with Crippen LogP contribution < -0.4 is 0 Å². The molecule has 0 atom stereocenters. The highest BCUT2D eigenvalue weighted by molar-refractivity contribution is 6.11. The second-order valence-corrected chi connectivity index (χ2v) is 16.8. The van der Waals surface area contributed by atoms with Gasteiger partial charge in [-0.3, -0.25) is 0 Å². The van der Waals surface area contributed by atoms with Gasteiger partial charge >= 0.3 is 0 Å². The van der Waals surface area contributed by atoms with Gasteiger partial charge in [-0.25, -0.2) is 0 Å². The van der Waals surface area contributed by atoms with Gasteiger partial charge < -0.3 is 4.57 Å². The van der Waals surface area contributed by atoms with Crippen molar-refractivity contribution in [2.75, 3.05) is 0 Å². The lowest BCUT2D eigenvalue weighted by Crippen LogP contribution is -2.29. The molecule has 0 saturated heterocycles. The zero-order valence-corrected chi connectivity index (χ0v) is 35.3. The normalized spacial score (nSPS) is 12.9. The van der Waals surface area contributed by atoms with Crippen LogP contribution in [0.4, 0.5) is 0 Å². The SMILES string of the molecule is C(=C(c1ccccc1)c1cccc(-c2ccc3c4ccccc4n(-c4cccc5c4C(c4ccccc4)(c4ccccc4)c4ccccc4-5)c3c2)c1)c1ccc(-c2ccccc2)cc1. The monoisotopic (exact) mass is 813 g/mol. The van der Waals surface area contributed by atoms with Crippen molar-refractivity contribution in [2.45, 2.75) is 5.41 Å². The van der Waals surface area contributed by atoms with Crippen LogP contribution in [0.3, 0.4) is 0 Å². The molecule has 0 aliphatic heterocycles. The van der Waals surface area contributed by atoms with Crippen molar-refractivity contribution >= 4 is 33.5 Å². The summed E-state index contributed by atoms with van der Waals surface area (Å²) < 4.78 is 2.54. The Morgan fingerprint density at radius 3 is 1.64 bits per heavy atom. The minimum atomic E-state index is -0.545. The van der Waals surface area contributed by atoms with Gasteiger partial charge in [-0.15, -0.1) is 0 Å². The summed E-state index contributed by atoms with van der Waals surface area (Å²) in [7, 11) is 0. The highest BCUT2D eigenvalue weighted by Crippen LogP contribution is 2.58. The van der Waals surface area contributed by atoms with Gasteiger partial charge in [-0.1, -0.05) is 231 Å². The minimum absolute atomic E-state index is 0.545. The van der Waals surface area contributed by atoms with Crippen molar-refractivity contribution < 1.29 is 0 Å². The third kappa shape index (κ3) is 6.08. The van der Waals surface area contributed by atoms with Crippen LogP contribution in [0, 0.1) is 0 Å². The second-order valence-electron chi connectivity index (χ2n) is 16.8. The maximum absolute atomic E-state index is 2.54. The van der Waals surface area contributed by atoms with E-state index in [1.165, 1.54) is 99.8 Å². The van der Waals surface area contributed by atoms with Crippen molar-refractivity contribution in [1.82, 2.24) is 4.57 Å². The predicted molar refractivity (Wildman–Crippen MR) is 269 cm³/mol. The fourth-order valence-electron chi connectivity index (χ4n) is 10.5. The quantitative estimate of drug-likeness (QED) is 0.135. The van der Waals surface area contributed by atoms with Crippen LogP contribution in [0.15, 0.2) is 255 Å². The van der Waals surface area contributed by atoms with E-state index in [1.54, 1.807) is 0 Å². The molecule has 0 saturated carbocycles. The standard InChI is InChI=1S/C63H43N/c1-5-19-45(20-6-1)46-37-35-44(36-38-46)41-57(47-21-7-2-8-22-47)50-24-17-23-48(42-50)49-39-40-55-54-30-14-16-33-59(54)64(61(55)43-49)60-34-18-31-56-53-29-13-15-32-58(53)63(62(56)60,51-25-9-3-10-26-51)52-27-11-4-12-28-52/h1-43H. The van der Waals surface area contributed by atoms with Gasteiger partial charge in [0, 0.05) is 16.3 Å². The number of benzene rings is 10. The fraction of sp³-hybridized carbons (Fsp3) is 0.0159. The van der Waals surface area contributed by atoms with Gasteiger partial charge in [0.15, 0.2) is 0 Å². The number of hydrogen-bond acceptors (Lipinski definition) is 0. The number of rotatable bonds is 8. The van der Waals surface area contributed by atoms with Crippen LogP contribution in [-0.2, 0) is 5.41 Å². The van der Waals surface area contributed by atoms with Crippen LogP contribution in [0.25, 0.3) is 72.5 Å². The van der Waals surface area contributed by atoms with Gasteiger partial charge in [0.1, 0.15) is 0 Å². The molecule has 10 aromatic carbocycles. The molecule has 1 heterocycles. The van der Waals surface area contributed by atoms with E-state index in [2.05, 4.69) is 265 Å². The average Bonchev–Trinajstić information content (AvgIpc) is 3.88. The van der Waals surface area contributed by atoms with Gasteiger partial charge in [0.25, 0.3) is 0 Å². The van der Waals surface area contributed by atoms with Crippen molar-refractivity contribution in [3.05, 3.63) is 294 Å². The molecular weight excluding hydrogens is 771 g/mol. The predicted octanol–water partition coefficient (Wildman–Crippen LogP) is 16.1. The fourth-order valence-corrected chi connectivity index (χ4v) is 10.5. The minimum Gasteiger partial charge on any atom is -0.309 e. The van der Waals surface area contributed by atoms with Gasteiger partial charge in [-0.2, -0.15) is 0 Å². The van der Waals surface area contributed by atoms with Crippen LogP contribution >= 0.6 is 0 Å². The van der Waals surface area contributed by atoms with Gasteiger partial charge in [0.2, 0.25) is 0 Å². The second kappa shape index (κ2) is 15.6. The van der Waals surface area contributed by atoms with Crippen LogP contribution in [0.2, 0.25) is 0 Å². The summed E-state index contributed by atoms with van der Waals surface area (Å²) in [6.07, 6.45) is 2.32. The van der Waals surface area contributed by atoms with E-state index in [0.29, 0.717) is 0 Å². The van der Waals surface area contributed by atoms with Crippen molar-refractivity contribution in [2.24, 2.45) is 0 Å². The Bertz CT molecular complexity index is 3470. The molecule has 1 nitrogen and oxygen atoms in total. The molecule has 0 N–H and O–H groups in total. The topological polar surface area (TPSA) is 4.93 Å². The first-order chi connectivity index (χ1) is 31.8. The largest absolute Gasteiger partial charge is 0.309 e. The first-order valence-corrected chi connectivity index (χ1v) is 22.2. The van der Waals surface area contributed by atoms with E-state index >= 15 is 0 Å². The number of aromatic nitrogens is 1. The Balaban J connectivity index is 1.05. The number of nitrogens with zero attached hydrogens (tertiary/aromatic N) is 1. The molecule has 1 aromatic heterocycles. The summed E-state index contributed by atoms with van der Waals surface area (Å²) in [5.41, 5.74) is 20.2. The van der Waals surface area contributed by atoms with E-state index < -0.39 is 5.41 Å². The lowest BCUT2D eigenvalue weighted by Gasteiger charge is -2.35. The van der Waals surface area contributed by atoms with E-state index in [-0.39, 0.29) is 0 Å². The summed E-state index contributed by atoms with van der Waals surface area (Å²) in [6, 6.07) is 93.4. The van der Waals surface area contributed by atoms with E-state index in [1.807, 2.05) is 0 Å². The first kappa shape index (κ1) is 37.5. The smallest absolute Gasteiger partial charge is 0.0734 e. The maximum atomic E-state index is 2.54. The zero-order chi connectivity index (χ0) is 42.5. The van der Waals surface area contributed by atoms with Crippen molar-refractivity contribution in [1.29, 1.82) is 0 Å². The maximum Gasteiger partial charge on any atom is 0.0734 e. The molecule has 300 valence electrons. The number of hydrogen-bond donors (Lipinski definition) is 0. The molecule has 1 aliphatic rings. The summed E-state index contributed by atoms with van der Waals surface area (Å²) in [5.74, 6) is 0. The third-order valence-electron chi connectivity index (χ3n) is 13.3. The molecular formula is C63H43N. The van der Waals surface area contributed by atoms with E-state index in [0.717, 1.165) is 5.56 Å². The molecule has 12 rings (SSSR count). The Labute approximate surface area is 374 Å². The van der Waals surface area contributed by atoms with Crippen LogP contribution in [-0.4, -0.2) is 4.57 Å². The van der Waals surface area contributed by atoms with Crippen molar-refractivity contribution in [3.8, 4) is 39.1 Å². The molecule has 1 aliphatic carbocycles. The third-order valence-corrected chi connectivity index (χ3v) is 13.3. The number of fused-ring (bicyclic) bond motifs is 6. The molecule has 0 bridgehead atoms. The molecule has 0 spiro atoms. The average molecular weight is 814 g/mol. The lowest BCUT2D eigenvalue weighted by atomic mass is 9.67. The van der Waals surface area contributed by atoms with Crippen molar-refractivity contribution in [3.63, 3.8) is 0 Å². The molecule has 0 radical (unpaired) electrons. The zero-order valence-electron chi connectivity index (χ0n) is 35.3. The van der Waals surface area contributed by atoms with Crippen LogP contribution in [0.1, 0.15) is 38.9 Å². The van der Waals surface area contributed by atoms with E-state index in [4.69, 9.17) is 0 Å². The lowest BCUT2D eigenvalue weighted by molar-refractivity contribution is 0.762. The Morgan fingerprint density at radius 2 is 0.891 bits per heavy atom. The highest BCUT2D eigenvalue weighted by Gasteiger charge is 2.48. The highest BCUT2D eigenvalue weighted by atomic mass is 15.0. The Kier molecular flexibility index (Phi) is 9.13. The summed E-state index contributed by atoms with van der Waals surface area (Å²) >= 11 is 0. The summed E-state index contributed by atoms with van der Waals surface area (Å²) in [6.45, 7) is 0. The van der Waals surface area contributed by atoms with E-state index in [9.17, 15) is 0 Å². The number of para-hydroxylation sites is 1. The Hall–Kier alpha value is -8.26. The molecule has 1 heteroatoms. The Morgan fingerprint density at radius 1 is 0.359 bits per heavy atom. The molecule has 11 aromatic rings. The molecule has 64 heavy (non-hydrogen) atoms. The molecule has 0 fully saturated rings. The van der Waals surface area contributed by atoms with Gasteiger partial charge in [-0.05, 0) is 103 Å². The molecule has 0 unspecified atom stereocenters. The van der Waals surface area contributed by atoms with Crippen LogP contribution in [0.5, 0.6) is 0 Å².